The lowest BCUT2D eigenvalue weighted by atomic mass is 10.0. The number of piperidine rings is 1. The van der Waals surface area contributed by atoms with Crippen molar-refractivity contribution in [2.45, 2.75) is 56.8 Å². The summed E-state index contributed by atoms with van der Waals surface area (Å²) < 4.78 is 67.1. The van der Waals surface area contributed by atoms with E-state index in [0.29, 0.717) is 6.07 Å². The molecule has 12 heteroatoms. The average molecular weight is 465 g/mol. The first-order valence-corrected chi connectivity index (χ1v) is 10.2. The fraction of sp³-hybridized carbons (Fsp3) is 0.600. The second-order valence-corrected chi connectivity index (χ2v) is 7.88. The van der Waals surface area contributed by atoms with Crippen molar-refractivity contribution in [3.8, 4) is 5.75 Å². The van der Waals surface area contributed by atoms with Crippen LogP contribution in [0.1, 0.15) is 31.2 Å². The molecule has 0 unspecified atom stereocenters. The maximum absolute atomic E-state index is 14.1. The molecule has 0 radical (unpaired) electrons. The Kier molecular flexibility index (Phi) is 7.42. The number of likely N-dealkylation sites (tertiary alicyclic amines) is 1. The number of benzene rings is 1. The van der Waals surface area contributed by atoms with Gasteiger partial charge in [-0.1, -0.05) is 6.07 Å². The minimum absolute atomic E-state index is 0.0351. The maximum atomic E-state index is 14.1. The van der Waals surface area contributed by atoms with Gasteiger partial charge in [0.2, 0.25) is 5.91 Å². The molecule has 0 bridgehead atoms. The van der Waals surface area contributed by atoms with Gasteiger partial charge in [0.05, 0.1) is 25.2 Å². The third kappa shape index (κ3) is 6.44. The summed E-state index contributed by atoms with van der Waals surface area (Å²) in [5, 5.41) is 12.7. The van der Waals surface area contributed by atoms with Gasteiger partial charge in [-0.15, -0.1) is 13.2 Å². The van der Waals surface area contributed by atoms with Gasteiger partial charge in [-0.25, -0.2) is 9.18 Å². The van der Waals surface area contributed by atoms with Crippen LogP contribution >= 0.6 is 0 Å². The summed E-state index contributed by atoms with van der Waals surface area (Å²) >= 11 is 0. The van der Waals surface area contributed by atoms with Crippen molar-refractivity contribution < 1.29 is 41.4 Å². The highest BCUT2D eigenvalue weighted by atomic mass is 19.4. The molecule has 1 saturated heterocycles. The number of halogens is 5. The molecule has 1 heterocycles. The number of nitrogens with one attached hydrogen (secondary N) is 1. The fourth-order valence-corrected chi connectivity index (χ4v) is 3.80. The molecule has 1 aromatic rings. The van der Waals surface area contributed by atoms with E-state index in [0.717, 1.165) is 25.0 Å². The number of alkyl halides is 4. The third-order valence-electron chi connectivity index (χ3n) is 5.32. The summed E-state index contributed by atoms with van der Waals surface area (Å²) in [6.07, 6.45) is -4.42. The van der Waals surface area contributed by atoms with Crippen molar-refractivity contribution in [3.63, 3.8) is 0 Å². The number of rotatable bonds is 7. The summed E-state index contributed by atoms with van der Waals surface area (Å²) in [6, 6.07) is 1.47. The van der Waals surface area contributed by atoms with Crippen LogP contribution < -0.4 is 10.1 Å². The van der Waals surface area contributed by atoms with Crippen molar-refractivity contribution in [1.82, 2.24) is 15.1 Å². The minimum atomic E-state index is -4.95. The number of aliphatic hydroxyl groups is 1. The van der Waals surface area contributed by atoms with Crippen LogP contribution in [0.4, 0.5) is 26.7 Å². The Bertz CT molecular complexity index is 834. The lowest BCUT2D eigenvalue weighted by Crippen LogP contribution is -2.58. The minimum Gasteiger partial charge on any atom is -0.406 e. The van der Waals surface area contributed by atoms with Gasteiger partial charge < -0.3 is 25.0 Å². The summed E-state index contributed by atoms with van der Waals surface area (Å²) in [7, 11) is 0. The van der Waals surface area contributed by atoms with Gasteiger partial charge in [-0.05, 0) is 25.3 Å². The van der Waals surface area contributed by atoms with Crippen molar-refractivity contribution >= 4 is 11.9 Å². The van der Waals surface area contributed by atoms with E-state index < -0.39 is 48.7 Å². The molecule has 1 saturated carbocycles. The fourth-order valence-electron chi connectivity index (χ4n) is 3.80. The molecule has 3 amide bonds. The largest absolute Gasteiger partial charge is 0.573 e. The SMILES string of the molecule is O=C(CCF)N1C[C@@H](O)C[C@@H](N(C(=O)NCc2ccc(OC(F)(F)F)cc2F)C2CC2)C1. The topological polar surface area (TPSA) is 82.1 Å². The van der Waals surface area contributed by atoms with Crippen LogP contribution in [0.3, 0.4) is 0 Å². The van der Waals surface area contributed by atoms with Crippen LogP contribution in [0.15, 0.2) is 18.2 Å². The molecule has 1 aliphatic carbocycles. The number of hydrogen-bond donors (Lipinski definition) is 2. The number of carbonyl (C=O) groups excluding carboxylic acids is 2. The maximum Gasteiger partial charge on any atom is 0.573 e. The van der Waals surface area contributed by atoms with E-state index in [1.54, 1.807) is 0 Å². The summed E-state index contributed by atoms with van der Waals surface area (Å²) in [4.78, 5) is 27.8. The highest BCUT2D eigenvalue weighted by Gasteiger charge is 2.41. The highest BCUT2D eigenvalue weighted by Crippen LogP contribution is 2.32. The number of β-amino-alcohol motifs (C(OH)–C–C–N with tert-alkyl or cyclic N) is 1. The molecule has 178 valence electrons. The lowest BCUT2D eigenvalue weighted by molar-refractivity contribution is -0.274. The number of aliphatic hydroxyl groups excluding tert-OH is 1. The summed E-state index contributed by atoms with van der Waals surface area (Å²) in [6.45, 7) is -0.883. The number of ether oxygens (including phenoxy) is 1. The Morgan fingerprint density at radius 1 is 1.22 bits per heavy atom. The van der Waals surface area contributed by atoms with Crippen LogP contribution in [0.5, 0.6) is 5.75 Å². The predicted molar refractivity (Wildman–Crippen MR) is 102 cm³/mol. The van der Waals surface area contributed by atoms with E-state index in [1.807, 2.05) is 0 Å². The molecule has 7 nitrogen and oxygen atoms in total. The molecular formula is C20H24F5N3O4. The zero-order chi connectivity index (χ0) is 23.5. The van der Waals surface area contributed by atoms with Crippen molar-refractivity contribution in [1.29, 1.82) is 0 Å². The summed E-state index contributed by atoms with van der Waals surface area (Å²) in [5.74, 6) is -2.13. The zero-order valence-electron chi connectivity index (χ0n) is 17.1. The Balaban J connectivity index is 1.64. The van der Waals surface area contributed by atoms with Crippen LogP contribution in [0, 0.1) is 5.82 Å². The standard InChI is InChI=1S/C20H24F5N3O4/c21-6-5-18(30)27-10-14(7-15(29)11-27)28(13-2-3-13)19(31)26-9-12-1-4-16(8-17(12)22)32-20(23,24)25/h1,4,8,13-15,29H,2-3,5-7,9-11H2,(H,26,31)/t14-,15+/m1/s1. The third-order valence-corrected chi connectivity index (χ3v) is 5.32. The second-order valence-electron chi connectivity index (χ2n) is 7.88. The first-order valence-electron chi connectivity index (χ1n) is 10.2. The van der Waals surface area contributed by atoms with Gasteiger partial charge in [0.15, 0.2) is 0 Å². The number of carbonyl (C=O) groups is 2. The van der Waals surface area contributed by atoms with E-state index in [9.17, 15) is 36.6 Å². The van der Waals surface area contributed by atoms with E-state index in [2.05, 4.69) is 10.1 Å². The second kappa shape index (κ2) is 9.88. The van der Waals surface area contributed by atoms with E-state index in [1.165, 1.54) is 9.80 Å². The molecule has 3 rings (SSSR count). The Morgan fingerprint density at radius 3 is 2.53 bits per heavy atom. The molecule has 2 N–H and O–H groups in total. The highest BCUT2D eigenvalue weighted by molar-refractivity contribution is 5.77. The Morgan fingerprint density at radius 2 is 1.94 bits per heavy atom. The van der Waals surface area contributed by atoms with Gasteiger partial charge in [-0.2, -0.15) is 0 Å². The van der Waals surface area contributed by atoms with E-state index in [4.69, 9.17) is 0 Å². The average Bonchev–Trinajstić information content (AvgIpc) is 3.51. The first kappa shape index (κ1) is 24.0. The van der Waals surface area contributed by atoms with Gasteiger partial charge >= 0.3 is 12.4 Å². The van der Waals surface area contributed by atoms with Gasteiger partial charge in [0.1, 0.15) is 11.6 Å². The first-order chi connectivity index (χ1) is 15.1. The van der Waals surface area contributed by atoms with Crippen LogP contribution in [0.25, 0.3) is 0 Å². The Hall–Kier alpha value is -2.63. The van der Waals surface area contributed by atoms with Gasteiger partial charge in [0.25, 0.3) is 0 Å². The van der Waals surface area contributed by atoms with Crippen molar-refractivity contribution in [2.24, 2.45) is 0 Å². The number of nitrogens with zero attached hydrogens (tertiary/aromatic N) is 2. The lowest BCUT2D eigenvalue weighted by Gasteiger charge is -2.41. The zero-order valence-corrected chi connectivity index (χ0v) is 17.1. The summed E-state index contributed by atoms with van der Waals surface area (Å²) in [5.41, 5.74) is -0.0351. The number of urea groups is 1. The Labute approximate surface area is 181 Å². The van der Waals surface area contributed by atoms with Gasteiger partial charge in [-0.3, -0.25) is 9.18 Å². The van der Waals surface area contributed by atoms with Crippen molar-refractivity contribution in [3.05, 3.63) is 29.6 Å². The van der Waals surface area contributed by atoms with Crippen molar-refractivity contribution in [2.75, 3.05) is 19.8 Å². The smallest absolute Gasteiger partial charge is 0.406 e. The van der Waals surface area contributed by atoms with E-state index in [-0.39, 0.29) is 44.1 Å². The molecule has 0 aromatic heterocycles. The predicted octanol–water partition coefficient (Wildman–Crippen LogP) is 2.72. The number of hydrogen-bond acceptors (Lipinski definition) is 4. The van der Waals surface area contributed by atoms with Crippen LogP contribution in [0.2, 0.25) is 0 Å². The number of amides is 3. The normalized spacial score (nSPS) is 21.2. The molecule has 1 aromatic carbocycles. The molecule has 2 atom stereocenters. The molecular weight excluding hydrogens is 441 g/mol. The molecule has 32 heavy (non-hydrogen) atoms. The van der Waals surface area contributed by atoms with Crippen LogP contribution in [-0.4, -0.2) is 71.2 Å². The molecule has 0 spiro atoms. The van der Waals surface area contributed by atoms with E-state index >= 15 is 0 Å². The molecule has 2 fully saturated rings. The molecule has 1 aliphatic heterocycles. The van der Waals surface area contributed by atoms with Gasteiger partial charge in [0, 0.05) is 37.3 Å². The monoisotopic (exact) mass is 465 g/mol. The molecule has 2 aliphatic rings. The quantitative estimate of drug-likeness (QED) is 0.607. The van der Waals surface area contributed by atoms with Crippen LogP contribution in [-0.2, 0) is 11.3 Å².